The van der Waals surface area contributed by atoms with Gasteiger partial charge in [0.05, 0.1) is 16.6 Å². The molecule has 0 aliphatic carbocycles. The average molecular weight is 422 g/mol. The largest absolute Gasteiger partial charge is 0.369 e. The molecule has 0 saturated carbocycles. The van der Waals surface area contributed by atoms with E-state index in [1.165, 1.54) is 24.8 Å². The molecule has 2 aromatic heterocycles. The first-order valence-electron chi connectivity index (χ1n) is 10.0. The Morgan fingerprint density at radius 3 is 2.80 bits per heavy atom. The van der Waals surface area contributed by atoms with Crippen LogP contribution in [-0.2, 0) is 9.84 Å². The van der Waals surface area contributed by atoms with Crippen LogP contribution in [0.25, 0.3) is 21.8 Å². The van der Waals surface area contributed by atoms with E-state index in [2.05, 4.69) is 39.5 Å². The molecule has 0 amide bonds. The number of nitrogens with zero attached hydrogens (tertiary/aromatic N) is 3. The van der Waals surface area contributed by atoms with Gasteiger partial charge in [0, 0.05) is 41.0 Å². The van der Waals surface area contributed by atoms with Gasteiger partial charge in [0.1, 0.15) is 5.52 Å². The second-order valence-corrected chi connectivity index (χ2v) is 9.95. The summed E-state index contributed by atoms with van der Waals surface area (Å²) < 4.78 is 23.9. The molecule has 0 radical (unpaired) electrons. The number of aromatic amines is 1. The van der Waals surface area contributed by atoms with Gasteiger partial charge in [0.25, 0.3) is 0 Å². The normalized spacial score (nSPS) is 17.1. The van der Waals surface area contributed by atoms with Crippen LogP contribution < -0.4 is 10.2 Å². The van der Waals surface area contributed by atoms with Crippen LogP contribution in [0.5, 0.6) is 0 Å². The average Bonchev–Trinajstić information content (AvgIpc) is 3.37. The smallest absolute Gasteiger partial charge is 0.175 e. The summed E-state index contributed by atoms with van der Waals surface area (Å²) in [6.45, 7) is 3.34. The topological polar surface area (TPSA) is 91.0 Å². The van der Waals surface area contributed by atoms with Gasteiger partial charge < -0.3 is 10.2 Å². The molecular weight excluding hydrogens is 398 g/mol. The Balaban J connectivity index is 1.57. The van der Waals surface area contributed by atoms with E-state index < -0.39 is 9.84 Å². The third-order valence-corrected chi connectivity index (χ3v) is 6.90. The number of H-pyrrole nitrogens is 1. The number of rotatable bonds is 4. The molecule has 8 heteroatoms. The molecule has 1 aliphatic heterocycles. The maximum Gasteiger partial charge on any atom is 0.175 e. The molecule has 4 aromatic rings. The molecule has 1 aliphatic rings. The molecule has 1 fully saturated rings. The van der Waals surface area contributed by atoms with Crippen LogP contribution in [0, 0.1) is 0 Å². The Bertz CT molecular complexity index is 1360. The second-order valence-electron chi connectivity index (χ2n) is 7.93. The van der Waals surface area contributed by atoms with Crippen molar-refractivity contribution in [1.29, 1.82) is 0 Å². The number of hydrogen-bond acceptors (Lipinski definition) is 6. The second kappa shape index (κ2) is 6.98. The fraction of sp³-hybridized carbons (Fsp3) is 0.273. The summed E-state index contributed by atoms with van der Waals surface area (Å²) >= 11 is 0. The van der Waals surface area contributed by atoms with Crippen molar-refractivity contribution in [1.82, 2.24) is 15.2 Å². The molecule has 5 rings (SSSR count). The number of sulfone groups is 1. The molecule has 1 atom stereocenters. The van der Waals surface area contributed by atoms with Gasteiger partial charge in [-0.3, -0.25) is 5.10 Å². The van der Waals surface area contributed by atoms with E-state index in [-0.39, 0.29) is 4.90 Å². The van der Waals surface area contributed by atoms with Crippen LogP contribution in [0.4, 0.5) is 17.2 Å². The zero-order chi connectivity index (χ0) is 20.9. The van der Waals surface area contributed by atoms with Crippen LogP contribution in [0.15, 0.2) is 53.6 Å². The minimum absolute atomic E-state index is 0.271. The third kappa shape index (κ3) is 3.27. The Labute approximate surface area is 175 Å². The molecule has 0 bridgehead atoms. The summed E-state index contributed by atoms with van der Waals surface area (Å²) in [5.41, 5.74) is 3.60. The first-order valence-corrected chi connectivity index (χ1v) is 11.9. The molecular formula is C22H23N5O2S. The van der Waals surface area contributed by atoms with E-state index in [4.69, 9.17) is 4.98 Å². The number of hydrogen-bond donors (Lipinski definition) is 2. The molecule has 30 heavy (non-hydrogen) atoms. The van der Waals surface area contributed by atoms with Gasteiger partial charge in [0.2, 0.25) is 0 Å². The van der Waals surface area contributed by atoms with Crippen molar-refractivity contribution in [2.45, 2.75) is 30.7 Å². The Hall–Kier alpha value is -3.13. The van der Waals surface area contributed by atoms with E-state index in [0.717, 1.165) is 28.5 Å². The number of benzene rings is 2. The van der Waals surface area contributed by atoms with Crippen molar-refractivity contribution in [3.05, 3.63) is 48.7 Å². The number of anilines is 3. The first-order chi connectivity index (χ1) is 14.4. The van der Waals surface area contributed by atoms with Gasteiger partial charge in [-0.2, -0.15) is 5.10 Å². The number of pyridine rings is 1. The summed E-state index contributed by atoms with van der Waals surface area (Å²) in [5, 5.41) is 12.2. The van der Waals surface area contributed by atoms with Crippen molar-refractivity contribution in [3.8, 4) is 0 Å². The molecule has 154 valence electrons. The monoisotopic (exact) mass is 421 g/mol. The minimum atomic E-state index is -3.30. The predicted octanol–water partition coefficient (Wildman–Crippen LogP) is 4.25. The van der Waals surface area contributed by atoms with Gasteiger partial charge in [-0.25, -0.2) is 13.4 Å². The standard InChI is InChI=1S/C22H23N5O2S/c1-14-5-4-10-27(14)16-7-3-6-15(11-16)24-22-21-19(13-23-26-21)18-12-17(30(2,28)29)8-9-20(18)25-22/h3,6-9,11-14H,4-5,10H2,1-2H3,(H,23,26)(H,24,25). The molecule has 2 N–H and O–H groups in total. The lowest BCUT2D eigenvalue weighted by Crippen LogP contribution is -2.26. The van der Waals surface area contributed by atoms with Crippen LogP contribution in [0.2, 0.25) is 0 Å². The lowest BCUT2D eigenvalue weighted by atomic mass is 10.1. The highest BCUT2D eigenvalue weighted by Crippen LogP contribution is 2.33. The van der Waals surface area contributed by atoms with E-state index in [1.54, 1.807) is 24.4 Å². The summed E-state index contributed by atoms with van der Waals surface area (Å²) in [6, 6.07) is 13.9. The Kier molecular flexibility index (Phi) is 4.39. The summed E-state index contributed by atoms with van der Waals surface area (Å²) in [5.74, 6) is 0.661. The quantitative estimate of drug-likeness (QED) is 0.512. The van der Waals surface area contributed by atoms with Crippen LogP contribution >= 0.6 is 0 Å². The van der Waals surface area contributed by atoms with Crippen molar-refractivity contribution < 1.29 is 8.42 Å². The van der Waals surface area contributed by atoms with E-state index in [0.29, 0.717) is 17.4 Å². The van der Waals surface area contributed by atoms with E-state index >= 15 is 0 Å². The Morgan fingerprint density at radius 2 is 2.03 bits per heavy atom. The zero-order valence-corrected chi connectivity index (χ0v) is 17.7. The summed E-state index contributed by atoms with van der Waals surface area (Å²) in [6.07, 6.45) is 5.35. The fourth-order valence-corrected chi connectivity index (χ4v) is 4.86. The predicted molar refractivity (Wildman–Crippen MR) is 120 cm³/mol. The summed E-state index contributed by atoms with van der Waals surface area (Å²) in [4.78, 5) is 7.44. The molecule has 0 spiro atoms. The summed E-state index contributed by atoms with van der Waals surface area (Å²) in [7, 11) is -3.30. The molecule has 1 saturated heterocycles. The van der Waals surface area contributed by atoms with Crippen molar-refractivity contribution in [3.63, 3.8) is 0 Å². The number of aromatic nitrogens is 3. The first kappa shape index (κ1) is 18.9. The highest BCUT2D eigenvalue weighted by atomic mass is 32.2. The highest BCUT2D eigenvalue weighted by Gasteiger charge is 2.21. The maximum atomic E-state index is 12.0. The SMILES string of the molecule is CC1CCCN1c1cccc(Nc2nc3ccc(S(C)(=O)=O)cc3c3cn[nH]c23)c1. The van der Waals surface area contributed by atoms with E-state index in [1.807, 2.05) is 12.1 Å². The van der Waals surface area contributed by atoms with Gasteiger partial charge in [-0.05, 0) is 56.2 Å². The van der Waals surface area contributed by atoms with Crippen molar-refractivity contribution in [2.24, 2.45) is 0 Å². The van der Waals surface area contributed by atoms with Crippen LogP contribution in [0.1, 0.15) is 19.8 Å². The molecule has 3 heterocycles. The van der Waals surface area contributed by atoms with Crippen LogP contribution in [0.3, 0.4) is 0 Å². The third-order valence-electron chi connectivity index (χ3n) is 5.79. The molecule has 1 unspecified atom stereocenters. The Morgan fingerprint density at radius 1 is 1.17 bits per heavy atom. The van der Waals surface area contributed by atoms with Crippen molar-refractivity contribution >= 4 is 48.8 Å². The van der Waals surface area contributed by atoms with Crippen LogP contribution in [-0.4, -0.2) is 42.4 Å². The van der Waals surface area contributed by atoms with Gasteiger partial charge in [0.15, 0.2) is 15.7 Å². The lowest BCUT2D eigenvalue weighted by Gasteiger charge is -2.24. The molecule has 7 nitrogen and oxygen atoms in total. The van der Waals surface area contributed by atoms with Gasteiger partial charge >= 0.3 is 0 Å². The lowest BCUT2D eigenvalue weighted by molar-refractivity contribution is 0.602. The zero-order valence-electron chi connectivity index (χ0n) is 16.9. The highest BCUT2D eigenvalue weighted by molar-refractivity contribution is 7.90. The fourth-order valence-electron chi connectivity index (χ4n) is 4.21. The van der Waals surface area contributed by atoms with Gasteiger partial charge in [-0.1, -0.05) is 6.07 Å². The van der Waals surface area contributed by atoms with E-state index in [9.17, 15) is 8.42 Å². The number of fused-ring (bicyclic) bond motifs is 3. The van der Waals surface area contributed by atoms with Crippen molar-refractivity contribution in [2.75, 3.05) is 23.0 Å². The van der Waals surface area contributed by atoms with Gasteiger partial charge in [-0.15, -0.1) is 0 Å². The maximum absolute atomic E-state index is 12.0. The minimum Gasteiger partial charge on any atom is -0.369 e. The molecule has 2 aromatic carbocycles. The number of nitrogens with one attached hydrogen (secondary N) is 2.